The van der Waals surface area contributed by atoms with Crippen LogP contribution in [0.2, 0.25) is 5.02 Å². The van der Waals surface area contributed by atoms with Crippen LogP contribution in [0.25, 0.3) is 22.9 Å². The zero-order valence-corrected chi connectivity index (χ0v) is 20.1. The number of alkyl halides is 3. The van der Waals surface area contributed by atoms with E-state index < -0.39 is 11.9 Å². The molecule has 184 valence electrons. The van der Waals surface area contributed by atoms with E-state index in [0.717, 1.165) is 11.8 Å². The molecule has 0 N–H and O–H groups in total. The Bertz CT molecular complexity index is 1330. The lowest BCUT2D eigenvalue weighted by Gasteiger charge is -2.13. The van der Waals surface area contributed by atoms with E-state index in [4.69, 9.17) is 21.1 Å². The summed E-state index contributed by atoms with van der Waals surface area (Å²) in [6, 6.07) is 6.90. The number of aromatic nitrogens is 6. The van der Waals surface area contributed by atoms with E-state index in [2.05, 4.69) is 20.1 Å². The van der Waals surface area contributed by atoms with Gasteiger partial charge >= 0.3 is 6.18 Å². The summed E-state index contributed by atoms with van der Waals surface area (Å²) in [7, 11) is 3.00. The quantitative estimate of drug-likeness (QED) is 0.325. The average molecular weight is 507 g/mol. The highest BCUT2D eigenvalue weighted by atomic mass is 35.5. The Kier molecular flexibility index (Phi) is 6.70. The monoisotopic (exact) mass is 506 g/mol. The highest BCUT2D eigenvalue weighted by Gasteiger charge is 2.34. The number of rotatable bonds is 7. The zero-order chi connectivity index (χ0) is 25.3. The fourth-order valence-electron chi connectivity index (χ4n) is 3.43. The second-order valence-corrected chi connectivity index (χ2v) is 8.40. The van der Waals surface area contributed by atoms with Gasteiger partial charge in [0.15, 0.2) is 17.3 Å². The molecule has 1 aromatic carbocycles. The van der Waals surface area contributed by atoms with E-state index in [1.54, 1.807) is 28.9 Å². The van der Waals surface area contributed by atoms with Gasteiger partial charge in [0.1, 0.15) is 18.1 Å². The summed E-state index contributed by atoms with van der Waals surface area (Å²) in [5, 5.41) is 4.69. The molecule has 0 spiro atoms. The minimum Gasteiger partial charge on any atom is -0.490 e. The molecule has 12 heteroatoms. The van der Waals surface area contributed by atoms with Gasteiger partial charge in [-0.2, -0.15) is 23.3 Å². The third kappa shape index (κ3) is 5.09. The minimum atomic E-state index is -4.50. The van der Waals surface area contributed by atoms with Gasteiger partial charge in [-0.3, -0.25) is 4.68 Å². The largest absolute Gasteiger partial charge is 0.490 e. The second-order valence-electron chi connectivity index (χ2n) is 7.99. The van der Waals surface area contributed by atoms with Crippen molar-refractivity contribution in [2.24, 2.45) is 7.05 Å². The van der Waals surface area contributed by atoms with Crippen LogP contribution in [0, 0.1) is 0 Å². The van der Waals surface area contributed by atoms with Crippen LogP contribution >= 0.6 is 11.6 Å². The van der Waals surface area contributed by atoms with E-state index in [1.165, 1.54) is 31.1 Å². The number of aryl methyl sites for hydroxylation is 1. The minimum absolute atomic E-state index is 0.0389. The van der Waals surface area contributed by atoms with Crippen LogP contribution in [-0.2, 0) is 19.8 Å². The maximum atomic E-state index is 13.0. The molecule has 0 saturated heterocycles. The molecule has 3 heterocycles. The standard InChI is InChI=1S/C23H22ClF3N6O2/c1-13(2)33-19(16(24)9-29-33)20-28-10-17(34-4)22(31-20)35-12-14-5-7-15(8-6-14)21-30-18(11-32(21)3)23(25,26)27/h5-11,13H,12H2,1-4H3. The molecule has 8 nitrogen and oxygen atoms in total. The molecule has 0 atom stereocenters. The molecular formula is C23H22ClF3N6O2. The highest BCUT2D eigenvalue weighted by Crippen LogP contribution is 2.33. The van der Waals surface area contributed by atoms with Crippen LogP contribution in [0.4, 0.5) is 13.2 Å². The molecule has 0 fully saturated rings. The number of nitrogens with zero attached hydrogens (tertiary/aromatic N) is 6. The van der Waals surface area contributed by atoms with Crippen molar-refractivity contribution in [3.8, 4) is 34.5 Å². The molecule has 0 amide bonds. The Balaban J connectivity index is 1.55. The first-order valence-electron chi connectivity index (χ1n) is 10.6. The Hall–Kier alpha value is -3.60. The first-order valence-corrected chi connectivity index (χ1v) is 10.9. The van der Waals surface area contributed by atoms with E-state index in [-0.39, 0.29) is 24.4 Å². The SMILES string of the molecule is COc1cnc(-c2c(Cl)cnn2C(C)C)nc1OCc1ccc(-c2nc(C(F)(F)F)cn2C)cc1. The Labute approximate surface area is 204 Å². The van der Waals surface area contributed by atoms with Crippen molar-refractivity contribution in [3.63, 3.8) is 0 Å². The molecule has 0 saturated carbocycles. The van der Waals surface area contributed by atoms with Crippen LogP contribution < -0.4 is 9.47 Å². The molecule has 35 heavy (non-hydrogen) atoms. The molecule has 4 rings (SSSR count). The van der Waals surface area contributed by atoms with Crippen LogP contribution in [-0.4, -0.2) is 36.4 Å². The summed E-state index contributed by atoms with van der Waals surface area (Å²) in [5.74, 6) is 1.10. The van der Waals surface area contributed by atoms with Crippen molar-refractivity contribution in [3.05, 3.63) is 59.1 Å². The Morgan fingerprint density at radius 2 is 1.80 bits per heavy atom. The summed E-state index contributed by atoms with van der Waals surface area (Å²) >= 11 is 6.32. The fraction of sp³-hybridized carbons (Fsp3) is 0.304. The van der Waals surface area contributed by atoms with Crippen molar-refractivity contribution in [2.45, 2.75) is 32.7 Å². The molecule has 0 aliphatic carbocycles. The summed E-state index contributed by atoms with van der Waals surface area (Å²) in [4.78, 5) is 12.5. The van der Waals surface area contributed by atoms with E-state index >= 15 is 0 Å². The summed E-state index contributed by atoms with van der Waals surface area (Å²) in [6.45, 7) is 4.07. The van der Waals surface area contributed by atoms with Gasteiger partial charge < -0.3 is 14.0 Å². The number of benzene rings is 1. The van der Waals surface area contributed by atoms with Crippen LogP contribution in [0.15, 0.2) is 42.9 Å². The molecule has 4 aromatic rings. The summed E-state index contributed by atoms with van der Waals surface area (Å²) in [6.07, 6.45) is -0.515. The first kappa shape index (κ1) is 24.5. The Morgan fingerprint density at radius 3 is 2.40 bits per heavy atom. The van der Waals surface area contributed by atoms with E-state index in [1.807, 2.05) is 13.8 Å². The molecular weight excluding hydrogens is 485 g/mol. The van der Waals surface area contributed by atoms with E-state index in [0.29, 0.717) is 27.9 Å². The van der Waals surface area contributed by atoms with Crippen molar-refractivity contribution >= 4 is 11.6 Å². The normalized spacial score (nSPS) is 11.8. The number of halogens is 4. The van der Waals surface area contributed by atoms with Crippen molar-refractivity contribution in [1.29, 1.82) is 0 Å². The van der Waals surface area contributed by atoms with Gasteiger partial charge in [0.25, 0.3) is 5.88 Å². The van der Waals surface area contributed by atoms with Gasteiger partial charge in [0.05, 0.1) is 24.5 Å². The smallest absolute Gasteiger partial charge is 0.434 e. The topological polar surface area (TPSA) is 79.9 Å². The van der Waals surface area contributed by atoms with Crippen molar-refractivity contribution in [1.82, 2.24) is 29.3 Å². The van der Waals surface area contributed by atoms with Crippen molar-refractivity contribution < 1.29 is 22.6 Å². The molecule has 3 aromatic heterocycles. The highest BCUT2D eigenvalue weighted by molar-refractivity contribution is 6.32. The van der Waals surface area contributed by atoms with Gasteiger partial charge in [-0.25, -0.2) is 9.97 Å². The lowest BCUT2D eigenvalue weighted by atomic mass is 10.1. The molecule has 0 aliphatic heterocycles. The fourth-order valence-corrected chi connectivity index (χ4v) is 3.64. The molecule has 0 bridgehead atoms. The average Bonchev–Trinajstić information content (AvgIpc) is 3.40. The predicted octanol–water partition coefficient (Wildman–Crippen LogP) is 5.58. The van der Waals surface area contributed by atoms with Crippen LogP contribution in [0.1, 0.15) is 31.1 Å². The van der Waals surface area contributed by atoms with E-state index in [9.17, 15) is 13.2 Å². The molecule has 0 unspecified atom stereocenters. The lowest BCUT2D eigenvalue weighted by Crippen LogP contribution is -2.08. The maximum absolute atomic E-state index is 13.0. The molecule has 0 radical (unpaired) electrons. The number of methoxy groups -OCH3 is 1. The summed E-state index contributed by atoms with van der Waals surface area (Å²) < 4.78 is 53.2. The number of hydrogen-bond donors (Lipinski definition) is 0. The third-order valence-electron chi connectivity index (χ3n) is 5.15. The van der Waals surface area contributed by atoms with Gasteiger partial charge in [-0.1, -0.05) is 35.9 Å². The summed E-state index contributed by atoms with van der Waals surface area (Å²) in [5.41, 5.74) is 0.941. The molecule has 0 aliphatic rings. The van der Waals surface area contributed by atoms with Crippen LogP contribution in [0.3, 0.4) is 0 Å². The van der Waals surface area contributed by atoms with Crippen molar-refractivity contribution in [2.75, 3.05) is 7.11 Å². The Morgan fingerprint density at radius 1 is 1.09 bits per heavy atom. The van der Waals surface area contributed by atoms with Gasteiger partial charge in [0, 0.05) is 24.8 Å². The van der Waals surface area contributed by atoms with Gasteiger partial charge in [0.2, 0.25) is 0 Å². The van der Waals surface area contributed by atoms with Crippen LogP contribution in [0.5, 0.6) is 11.6 Å². The maximum Gasteiger partial charge on any atom is 0.434 e. The lowest BCUT2D eigenvalue weighted by molar-refractivity contribution is -0.140. The predicted molar refractivity (Wildman–Crippen MR) is 123 cm³/mol. The van der Waals surface area contributed by atoms with Gasteiger partial charge in [-0.05, 0) is 19.4 Å². The number of imidazole rings is 1. The number of hydrogen-bond acceptors (Lipinski definition) is 6. The zero-order valence-electron chi connectivity index (χ0n) is 19.3. The van der Waals surface area contributed by atoms with Gasteiger partial charge in [-0.15, -0.1) is 0 Å². The second kappa shape index (κ2) is 9.57. The number of ether oxygens (including phenoxy) is 2. The first-order chi connectivity index (χ1) is 16.6. The third-order valence-corrected chi connectivity index (χ3v) is 5.43.